The van der Waals surface area contributed by atoms with Crippen LogP contribution in [0.25, 0.3) is 11.2 Å². The summed E-state index contributed by atoms with van der Waals surface area (Å²) in [6.45, 7) is 2.29. The minimum Gasteiger partial charge on any atom is -0.456 e. The van der Waals surface area contributed by atoms with E-state index in [1.807, 2.05) is 13.2 Å². The number of nitrogen functional groups attached to an aromatic ring is 1. The van der Waals surface area contributed by atoms with Crippen LogP contribution in [0.1, 0.15) is 47.7 Å². The molecule has 0 saturated carbocycles. The number of hydrogen-bond acceptors (Lipinski definition) is 16. The molecule has 1 amide bonds. The Morgan fingerprint density at radius 2 is 1.87 bits per heavy atom. The van der Waals surface area contributed by atoms with E-state index < -0.39 is 54.5 Å². The van der Waals surface area contributed by atoms with Gasteiger partial charge < -0.3 is 40.1 Å². The molecule has 1 saturated heterocycles. The monoisotopic (exact) mass is 758 g/mol. The van der Waals surface area contributed by atoms with Crippen molar-refractivity contribution in [2.45, 2.75) is 44.0 Å². The third kappa shape index (κ3) is 10.1. The average molecular weight is 759 g/mol. The first kappa shape index (κ1) is 37.4. The molecule has 3 aromatic rings. The summed E-state index contributed by atoms with van der Waals surface area (Å²) in [4.78, 5) is 74.5. The van der Waals surface area contributed by atoms with Crippen LogP contribution < -0.4 is 11.1 Å². The summed E-state index contributed by atoms with van der Waals surface area (Å²) < 4.78 is 60.7. The second-order valence-corrected chi connectivity index (χ2v) is 16.9. The van der Waals surface area contributed by atoms with Gasteiger partial charge in [-0.2, -0.15) is 8.62 Å². The average Bonchev–Trinajstić information content (AvgIpc) is 3.54. The van der Waals surface area contributed by atoms with Crippen LogP contribution in [0.15, 0.2) is 30.9 Å². The van der Waals surface area contributed by atoms with Gasteiger partial charge in [0.05, 0.1) is 18.5 Å². The number of nitrogens with zero attached hydrogens (tertiary/aromatic N) is 4. The van der Waals surface area contributed by atoms with Gasteiger partial charge in [-0.25, -0.2) is 33.4 Å². The molecule has 258 valence electrons. The minimum absolute atomic E-state index is 0.0754. The number of ether oxygens (including phenoxy) is 2. The molecule has 47 heavy (non-hydrogen) atoms. The maximum Gasteiger partial charge on any atom is 0.490 e. The van der Waals surface area contributed by atoms with E-state index >= 15 is 0 Å². The number of benzene rings is 1. The van der Waals surface area contributed by atoms with Crippen LogP contribution >= 0.6 is 45.1 Å². The molecular weight excluding hydrogens is 729 g/mol. The number of phosphoric ester groups is 1. The Hall–Kier alpha value is -2.42. The molecule has 1 fully saturated rings. The number of aromatic nitrogens is 4. The van der Waals surface area contributed by atoms with Gasteiger partial charge in [-0.1, -0.05) is 21.6 Å². The van der Waals surface area contributed by atoms with Crippen molar-refractivity contribution in [3.05, 3.63) is 42.0 Å². The van der Waals surface area contributed by atoms with Crippen LogP contribution in [-0.4, -0.2) is 76.0 Å². The molecule has 0 spiro atoms. The summed E-state index contributed by atoms with van der Waals surface area (Å²) in [7, 11) is -14.0. The van der Waals surface area contributed by atoms with Crippen molar-refractivity contribution >= 4 is 79.6 Å². The molecule has 6 atom stereocenters. The lowest BCUT2D eigenvalue weighted by Crippen LogP contribution is -2.31. The molecule has 7 N–H and O–H groups in total. The fourth-order valence-electron chi connectivity index (χ4n) is 4.46. The zero-order valence-corrected chi connectivity index (χ0v) is 28.8. The van der Waals surface area contributed by atoms with Crippen molar-refractivity contribution < 1.29 is 65.5 Å². The Kier molecular flexibility index (Phi) is 11.9. The Labute approximate surface area is 274 Å². The lowest BCUT2D eigenvalue weighted by Gasteiger charge is -2.22. The molecule has 1 aromatic carbocycles. The molecule has 0 bridgehead atoms. The van der Waals surface area contributed by atoms with E-state index in [1.165, 1.54) is 57.9 Å². The molecule has 4 unspecified atom stereocenters. The van der Waals surface area contributed by atoms with E-state index in [1.54, 1.807) is 6.07 Å². The zero-order chi connectivity index (χ0) is 34.7. The van der Waals surface area contributed by atoms with Gasteiger partial charge >= 0.3 is 29.4 Å². The van der Waals surface area contributed by atoms with E-state index in [9.17, 15) is 33.1 Å². The van der Waals surface area contributed by atoms with Gasteiger partial charge in [0.25, 0.3) is 0 Å². The lowest BCUT2D eigenvalue weighted by molar-refractivity contribution is -0.114. The van der Waals surface area contributed by atoms with E-state index in [2.05, 4.69) is 28.9 Å². The van der Waals surface area contributed by atoms with E-state index in [0.717, 1.165) is 0 Å². The number of amides is 1. The Morgan fingerprint density at radius 1 is 1.15 bits per heavy atom. The second-order valence-electron chi connectivity index (χ2n) is 9.67. The first-order valence-electron chi connectivity index (χ1n) is 13.1. The number of carbonyl (C=O) groups excluding carboxylic acids is 2. The van der Waals surface area contributed by atoms with Crippen LogP contribution in [0, 0.1) is 0 Å². The van der Waals surface area contributed by atoms with Gasteiger partial charge in [0.2, 0.25) is 5.91 Å². The molecular formula is C22H29N6O14P3S2. The topological polar surface area (TPSA) is 294 Å². The number of nitrogens with two attached hydrogens (primary N) is 1. The summed E-state index contributed by atoms with van der Waals surface area (Å²) in [5.41, 5.74) is 7.50. The van der Waals surface area contributed by atoms with Crippen molar-refractivity contribution in [2.75, 3.05) is 23.9 Å². The Morgan fingerprint density at radius 3 is 2.53 bits per heavy atom. The molecule has 25 heteroatoms. The maximum absolute atomic E-state index is 13.6. The van der Waals surface area contributed by atoms with E-state index in [4.69, 9.17) is 29.5 Å². The predicted molar refractivity (Wildman–Crippen MR) is 168 cm³/mol. The minimum atomic E-state index is -5.79. The lowest BCUT2D eigenvalue weighted by atomic mass is 10.0. The largest absolute Gasteiger partial charge is 0.490 e. The number of rotatable bonds is 14. The van der Waals surface area contributed by atoms with Crippen molar-refractivity contribution in [1.29, 1.82) is 0 Å². The molecule has 1 aliphatic heterocycles. The van der Waals surface area contributed by atoms with Crippen LogP contribution in [-0.2, 0) is 41.1 Å². The number of anilines is 2. The zero-order valence-electron chi connectivity index (χ0n) is 24.5. The standard InChI is InChI=1S/C22H29N6O14P3S2/c1-11(47-46-3)15-6-13(27-12(2)29)4-5-14(15)22(30)40-16-7-18(28-10-26-19-20(23)24-9-25-21(19)28)39-17(16)8-38-44(34,35)42-45(36,37)41-43(31,32)33/h4-6,9-11,16-18H,7-8H2,1-3H3,(H,27,29)(H,34,35)(H,36,37)(H2,23,24,25)(H2,31,32,33)/t11?,16?,17-,18-/m1/s1. The van der Waals surface area contributed by atoms with Crippen molar-refractivity contribution in [1.82, 2.24) is 19.5 Å². The van der Waals surface area contributed by atoms with Gasteiger partial charge in [-0.15, -0.1) is 0 Å². The Balaban J connectivity index is 1.61. The number of nitrogens with one attached hydrogen (secondary N) is 1. The molecule has 0 radical (unpaired) electrons. The molecule has 1 aliphatic rings. The van der Waals surface area contributed by atoms with Crippen LogP contribution in [0.3, 0.4) is 0 Å². The van der Waals surface area contributed by atoms with E-state index in [0.29, 0.717) is 11.3 Å². The molecule has 0 aliphatic carbocycles. The number of esters is 1. The van der Waals surface area contributed by atoms with Crippen molar-refractivity contribution in [3.8, 4) is 0 Å². The number of fused-ring (bicyclic) bond motifs is 1. The van der Waals surface area contributed by atoms with Crippen LogP contribution in [0.2, 0.25) is 0 Å². The quantitative estimate of drug-likeness (QED) is 0.0780. The SMILES string of the molecule is CSSC(C)c1cc(NC(C)=O)ccc1C(=O)OC1C[C@H](n2cnc3c(N)ncnc32)O[C@@H]1COP(=O)(O)OP(=O)(O)OP(=O)(O)O. The third-order valence-corrected chi connectivity index (χ3v) is 12.2. The molecule has 20 nitrogen and oxygen atoms in total. The van der Waals surface area contributed by atoms with Gasteiger partial charge in [-0.05, 0) is 36.9 Å². The Bertz CT molecular complexity index is 1790. The number of carbonyl (C=O) groups is 2. The van der Waals surface area contributed by atoms with Gasteiger partial charge in [0.15, 0.2) is 11.5 Å². The third-order valence-electron chi connectivity index (χ3n) is 6.22. The van der Waals surface area contributed by atoms with Gasteiger partial charge in [0, 0.05) is 24.3 Å². The highest BCUT2D eigenvalue weighted by molar-refractivity contribution is 8.76. The maximum atomic E-state index is 13.6. The summed E-state index contributed by atoms with van der Waals surface area (Å²) in [5.74, 6) is -1.06. The van der Waals surface area contributed by atoms with Crippen molar-refractivity contribution in [3.63, 3.8) is 0 Å². The fraction of sp³-hybridized carbons (Fsp3) is 0.409. The first-order chi connectivity index (χ1) is 21.9. The normalized spacial score (nSPS) is 21.6. The fourth-order valence-corrected chi connectivity index (χ4v) is 9.25. The highest BCUT2D eigenvalue weighted by Gasteiger charge is 2.44. The van der Waals surface area contributed by atoms with Crippen LogP contribution in [0.5, 0.6) is 0 Å². The predicted octanol–water partition coefficient (Wildman–Crippen LogP) is 3.30. The molecule has 3 heterocycles. The number of phosphoric acid groups is 3. The summed E-state index contributed by atoms with van der Waals surface area (Å²) >= 11 is 0. The van der Waals surface area contributed by atoms with Crippen molar-refractivity contribution in [2.24, 2.45) is 0 Å². The number of imidazole rings is 1. The van der Waals surface area contributed by atoms with E-state index in [-0.39, 0.29) is 40.1 Å². The van der Waals surface area contributed by atoms with Gasteiger partial charge in [-0.3, -0.25) is 13.9 Å². The highest BCUT2D eigenvalue weighted by Crippen LogP contribution is 2.66. The summed E-state index contributed by atoms with van der Waals surface area (Å²) in [5, 5.41) is 2.43. The summed E-state index contributed by atoms with van der Waals surface area (Å²) in [6, 6.07) is 4.62. The number of hydrogen-bond donors (Lipinski definition) is 6. The van der Waals surface area contributed by atoms with Gasteiger partial charge in [0.1, 0.15) is 30.3 Å². The molecule has 4 rings (SSSR count). The van der Waals surface area contributed by atoms with Crippen LogP contribution in [0.4, 0.5) is 11.5 Å². The summed E-state index contributed by atoms with van der Waals surface area (Å²) in [6.07, 6.45) is 0.814. The first-order valence-corrected chi connectivity index (χ1v) is 20.2. The smallest absolute Gasteiger partial charge is 0.456 e. The molecule has 2 aromatic heterocycles. The highest BCUT2D eigenvalue weighted by atomic mass is 33.1. The second kappa shape index (κ2) is 15.0.